The van der Waals surface area contributed by atoms with Crippen LogP contribution < -0.4 is 10.1 Å². The summed E-state index contributed by atoms with van der Waals surface area (Å²) in [5, 5.41) is 2.90. The van der Waals surface area contributed by atoms with Gasteiger partial charge in [-0.1, -0.05) is 12.1 Å². The summed E-state index contributed by atoms with van der Waals surface area (Å²) in [4.78, 5) is 62.4. The molecule has 5 aliphatic heterocycles. The second-order valence-corrected chi connectivity index (χ2v) is 20.1. The highest BCUT2D eigenvalue weighted by Gasteiger charge is 2.45. The maximum absolute atomic E-state index is 14.5. The second kappa shape index (κ2) is 17.5. The van der Waals surface area contributed by atoms with Crippen molar-refractivity contribution in [3.63, 3.8) is 0 Å². The number of rotatable bonds is 8. The summed E-state index contributed by atoms with van der Waals surface area (Å²) >= 11 is 0. The zero-order valence-corrected chi connectivity index (χ0v) is 38.9. The highest BCUT2D eigenvalue weighted by atomic mass is 16.5. The van der Waals surface area contributed by atoms with Gasteiger partial charge in [-0.15, -0.1) is 0 Å². The summed E-state index contributed by atoms with van der Waals surface area (Å²) in [6.45, 7) is 12.9. The lowest BCUT2D eigenvalue weighted by atomic mass is 9.85. The quantitative estimate of drug-likeness (QED) is 0.157. The third-order valence-corrected chi connectivity index (χ3v) is 15.3. The Balaban J connectivity index is 0.863. The monoisotopic (exact) mass is 887 g/mol. The van der Waals surface area contributed by atoms with Crippen molar-refractivity contribution in [2.45, 2.75) is 173 Å². The Bertz CT molecular complexity index is 2440. The number of carbonyl (C=O) groups is 3. The number of alkyl carbamates (subject to hydrolysis) is 1. The lowest BCUT2D eigenvalue weighted by Gasteiger charge is -2.39. The molecule has 10 rings (SSSR count). The van der Waals surface area contributed by atoms with E-state index in [-0.39, 0.29) is 66.3 Å². The van der Waals surface area contributed by atoms with E-state index in [1.54, 1.807) is 0 Å². The van der Waals surface area contributed by atoms with E-state index in [0.29, 0.717) is 31.8 Å². The molecule has 4 fully saturated rings. The lowest BCUT2D eigenvalue weighted by Crippen LogP contribution is -2.55. The standard InChI is InChI=1S/C51H65N7O7/c1-26-8-15-43(57(26)45(59)20-32-16-28(3)64-29(4)17-32)49-53-40-13-11-33-22-39-37-12-10-34(21-36(37)25-63-44(39)23-38(33)47(40)55-49)41-24-52-48(54-41)42-14-9-27(2)58(42)50(60)46(56-51(61)62-7)35-18-30(5)65-31(6)19-35/h10,12,21-24,26-32,35,42-43,46H,8-9,11,13-20,25H2,1-7H3,(H,52,54)(H,53,55)(H,56,61)/t26-,27-,28+,29+,30+,31+,42-,43-,46-/m0/s1. The third kappa shape index (κ3) is 8.34. The first-order valence-corrected chi connectivity index (χ1v) is 24.2. The Morgan fingerprint density at radius 1 is 0.785 bits per heavy atom. The predicted octanol–water partition coefficient (Wildman–Crippen LogP) is 8.75. The number of carbonyl (C=O) groups excluding carboxylic acids is 3. The molecule has 3 amide bonds. The summed E-state index contributed by atoms with van der Waals surface area (Å²) in [5.41, 5.74) is 9.64. The smallest absolute Gasteiger partial charge is 0.407 e. The van der Waals surface area contributed by atoms with Crippen LogP contribution in [0.2, 0.25) is 0 Å². The molecule has 0 bridgehead atoms. The van der Waals surface area contributed by atoms with Gasteiger partial charge in [0.25, 0.3) is 0 Å². The van der Waals surface area contributed by atoms with E-state index in [1.807, 2.05) is 24.9 Å². The van der Waals surface area contributed by atoms with Gasteiger partial charge in [-0.05, 0) is 158 Å². The molecule has 4 saturated heterocycles. The molecule has 2 aromatic heterocycles. The Labute approximate surface area is 381 Å². The summed E-state index contributed by atoms with van der Waals surface area (Å²) in [6, 6.07) is 10.1. The molecule has 0 saturated carbocycles. The van der Waals surface area contributed by atoms with Crippen LogP contribution >= 0.6 is 0 Å². The van der Waals surface area contributed by atoms with Gasteiger partial charge in [-0.2, -0.15) is 0 Å². The first kappa shape index (κ1) is 43.7. The third-order valence-electron chi connectivity index (χ3n) is 15.3. The first-order chi connectivity index (χ1) is 31.3. The number of aryl methyl sites for hydroxylation is 2. The Morgan fingerprint density at radius 3 is 2.20 bits per heavy atom. The van der Waals surface area contributed by atoms with E-state index in [1.165, 1.54) is 12.7 Å². The molecule has 4 aromatic rings. The van der Waals surface area contributed by atoms with Crippen molar-refractivity contribution < 1.29 is 33.3 Å². The number of nitrogens with one attached hydrogen (secondary N) is 3. The number of benzene rings is 2. The van der Waals surface area contributed by atoms with Gasteiger partial charge in [-0.25, -0.2) is 14.8 Å². The molecule has 3 N–H and O–H groups in total. The van der Waals surface area contributed by atoms with Crippen molar-refractivity contribution in [3.05, 3.63) is 65.0 Å². The summed E-state index contributed by atoms with van der Waals surface area (Å²) in [6.07, 6.45) is 10.6. The number of nitrogens with zero attached hydrogens (tertiary/aromatic N) is 4. The van der Waals surface area contributed by atoms with Crippen molar-refractivity contribution in [1.29, 1.82) is 0 Å². The van der Waals surface area contributed by atoms with Crippen molar-refractivity contribution in [1.82, 2.24) is 35.1 Å². The van der Waals surface area contributed by atoms with Crippen molar-refractivity contribution in [2.24, 2.45) is 11.8 Å². The van der Waals surface area contributed by atoms with Crippen LogP contribution in [0.3, 0.4) is 0 Å². The minimum Gasteiger partial charge on any atom is -0.488 e. The zero-order valence-electron chi connectivity index (χ0n) is 38.9. The van der Waals surface area contributed by atoms with Gasteiger partial charge in [0.1, 0.15) is 30.0 Å². The highest BCUT2D eigenvalue weighted by Crippen LogP contribution is 2.46. The number of H-pyrrole nitrogens is 2. The van der Waals surface area contributed by atoms with Crippen LogP contribution in [0.4, 0.5) is 4.79 Å². The van der Waals surface area contributed by atoms with E-state index >= 15 is 0 Å². The van der Waals surface area contributed by atoms with E-state index < -0.39 is 12.1 Å². The normalized spacial score (nSPS) is 29.8. The van der Waals surface area contributed by atoms with E-state index in [2.05, 4.69) is 78.2 Å². The molecular weight excluding hydrogens is 823 g/mol. The van der Waals surface area contributed by atoms with Crippen LogP contribution in [0.15, 0.2) is 36.5 Å². The Morgan fingerprint density at radius 2 is 1.48 bits per heavy atom. The molecule has 1 aliphatic carbocycles. The summed E-state index contributed by atoms with van der Waals surface area (Å²) in [7, 11) is 1.33. The molecule has 0 spiro atoms. The van der Waals surface area contributed by atoms with E-state index in [4.69, 9.17) is 28.9 Å². The number of imidazole rings is 2. The number of fused-ring (bicyclic) bond motifs is 6. The van der Waals surface area contributed by atoms with Crippen molar-refractivity contribution in [2.75, 3.05) is 7.11 Å². The highest BCUT2D eigenvalue weighted by molar-refractivity contribution is 5.87. The predicted molar refractivity (Wildman–Crippen MR) is 245 cm³/mol. The van der Waals surface area contributed by atoms with Gasteiger partial charge >= 0.3 is 6.09 Å². The molecule has 6 aliphatic rings. The fourth-order valence-electron chi connectivity index (χ4n) is 12.4. The number of aromatic nitrogens is 4. The number of hydrogen-bond donors (Lipinski definition) is 3. The number of aromatic amines is 2. The SMILES string of the molecule is COC(=O)N[C@H](C(=O)N1[C@@H](C)CC[C@H]1c1ncc(-c2ccc3c(c2)COc2cc4c(cc2-3)CCc2[nH]c([C@@H]3CC[C@H](C)N3C(=O)CC3C[C@@H](C)O[C@H](C)C3)nc2-4)[nH]1)C1C[C@@H](C)O[C@H](C)C1. The van der Waals surface area contributed by atoms with Crippen LogP contribution in [-0.2, 0) is 43.2 Å². The van der Waals surface area contributed by atoms with Gasteiger partial charge in [0.05, 0.1) is 61.2 Å². The summed E-state index contributed by atoms with van der Waals surface area (Å²) < 4.78 is 23.5. The molecule has 14 heteroatoms. The van der Waals surface area contributed by atoms with Crippen LogP contribution in [0.25, 0.3) is 33.6 Å². The van der Waals surface area contributed by atoms with Crippen LogP contribution in [0.1, 0.15) is 140 Å². The Hall–Kier alpha value is -5.21. The largest absolute Gasteiger partial charge is 0.488 e. The molecule has 2 aromatic carbocycles. The van der Waals surface area contributed by atoms with Gasteiger partial charge in [0.15, 0.2) is 0 Å². The lowest BCUT2D eigenvalue weighted by molar-refractivity contribution is -0.140. The number of amides is 3. The fraction of sp³-hybridized carbons (Fsp3) is 0.588. The molecule has 14 nitrogen and oxygen atoms in total. The zero-order chi connectivity index (χ0) is 45.3. The van der Waals surface area contributed by atoms with Gasteiger partial charge in [-0.3, -0.25) is 9.59 Å². The van der Waals surface area contributed by atoms with Crippen LogP contribution in [0, 0.1) is 11.8 Å². The first-order valence-electron chi connectivity index (χ1n) is 24.2. The molecular formula is C51H65N7O7. The maximum atomic E-state index is 14.5. The molecule has 0 radical (unpaired) electrons. The molecule has 346 valence electrons. The minimum absolute atomic E-state index is 0.0178. The van der Waals surface area contributed by atoms with Crippen molar-refractivity contribution in [3.8, 4) is 39.4 Å². The fourth-order valence-corrected chi connectivity index (χ4v) is 12.4. The molecule has 9 atom stereocenters. The van der Waals surface area contributed by atoms with Crippen LogP contribution in [0.5, 0.6) is 5.75 Å². The second-order valence-electron chi connectivity index (χ2n) is 20.1. The maximum Gasteiger partial charge on any atom is 0.407 e. The van der Waals surface area contributed by atoms with Gasteiger partial charge in [0.2, 0.25) is 11.8 Å². The number of ether oxygens (including phenoxy) is 4. The van der Waals surface area contributed by atoms with Crippen LogP contribution in [-0.4, -0.2) is 97.3 Å². The van der Waals surface area contributed by atoms with Gasteiger partial charge in [0, 0.05) is 35.3 Å². The average molecular weight is 888 g/mol. The van der Waals surface area contributed by atoms with Gasteiger partial charge < -0.3 is 44.0 Å². The minimum atomic E-state index is -0.730. The summed E-state index contributed by atoms with van der Waals surface area (Å²) in [5.74, 6) is 2.86. The van der Waals surface area contributed by atoms with E-state index in [9.17, 15) is 14.4 Å². The molecule has 65 heavy (non-hydrogen) atoms. The molecule has 0 unspecified atom stereocenters. The number of hydrogen-bond acceptors (Lipinski definition) is 9. The number of likely N-dealkylation sites (tertiary alicyclic amines) is 2. The average Bonchev–Trinajstić information content (AvgIpc) is 4.09. The number of methoxy groups -OCH3 is 1. The molecule has 7 heterocycles. The topological polar surface area (TPSA) is 164 Å². The van der Waals surface area contributed by atoms with E-state index in [0.717, 1.165) is 114 Å². The van der Waals surface area contributed by atoms with Crippen molar-refractivity contribution >= 4 is 17.9 Å². The Kier molecular flexibility index (Phi) is 11.8.